The van der Waals surface area contributed by atoms with Crippen LogP contribution in [-0.2, 0) is 9.84 Å². The first-order valence-corrected chi connectivity index (χ1v) is 8.19. The smallest absolute Gasteiger partial charge is 0.150 e. The number of likely N-dealkylation sites (N-methyl/N-ethyl adjacent to an activating group) is 1. The predicted molar refractivity (Wildman–Crippen MR) is 72.3 cm³/mol. The van der Waals surface area contributed by atoms with Crippen LogP contribution in [0.25, 0.3) is 0 Å². The minimum absolute atomic E-state index is 0.331. The summed E-state index contributed by atoms with van der Waals surface area (Å²) in [5, 5.41) is 3.21. The topological polar surface area (TPSA) is 59.1 Å². The van der Waals surface area contributed by atoms with Crippen LogP contribution in [0.15, 0.2) is 24.5 Å². The molecule has 1 aliphatic rings. The third-order valence-corrected chi connectivity index (χ3v) is 5.42. The first-order valence-electron chi connectivity index (χ1n) is 6.37. The van der Waals surface area contributed by atoms with E-state index in [1.165, 1.54) is 5.56 Å². The zero-order valence-electron chi connectivity index (χ0n) is 10.7. The van der Waals surface area contributed by atoms with E-state index in [-0.39, 0.29) is 0 Å². The maximum Gasteiger partial charge on any atom is 0.150 e. The van der Waals surface area contributed by atoms with Crippen LogP contribution in [0.1, 0.15) is 24.3 Å². The fraction of sp³-hybridized carbons (Fsp3) is 0.615. The summed E-state index contributed by atoms with van der Waals surface area (Å²) in [6.07, 6.45) is 5.20. The van der Waals surface area contributed by atoms with E-state index in [0.717, 1.165) is 19.4 Å². The van der Waals surface area contributed by atoms with Crippen molar-refractivity contribution in [1.82, 2.24) is 10.3 Å². The molecule has 1 atom stereocenters. The second-order valence-corrected chi connectivity index (χ2v) is 7.24. The molecular weight excluding hydrogens is 248 g/mol. The van der Waals surface area contributed by atoms with E-state index < -0.39 is 9.84 Å². The summed E-state index contributed by atoms with van der Waals surface area (Å²) in [5.41, 5.74) is 1.20. The molecule has 1 aromatic rings. The monoisotopic (exact) mass is 268 g/mol. The lowest BCUT2D eigenvalue weighted by Gasteiger charge is -2.30. The Labute approximate surface area is 109 Å². The number of sulfone groups is 1. The van der Waals surface area contributed by atoms with Crippen LogP contribution in [0.2, 0.25) is 0 Å². The van der Waals surface area contributed by atoms with Gasteiger partial charge in [-0.3, -0.25) is 4.98 Å². The van der Waals surface area contributed by atoms with Crippen molar-refractivity contribution in [1.29, 1.82) is 0 Å². The molecule has 100 valence electrons. The van der Waals surface area contributed by atoms with E-state index in [1.54, 1.807) is 6.20 Å². The van der Waals surface area contributed by atoms with E-state index in [9.17, 15) is 8.42 Å². The number of aromatic nitrogens is 1. The second-order valence-electron chi connectivity index (χ2n) is 4.94. The third kappa shape index (κ3) is 3.29. The van der Waals surface area contributed by atoms with Gasteiger partial charge < -0.3 is 5.32 Å². The number of hydrogen-bond acceptors (Lipinski definition) is 4. The van der Waals surface area contributed by atoms with Crippen molar-refractivity contribution in [2.24, 2.45) is 5.92 Å². The molecule has 4 nitrogen and oxygen atoms in total. The Morgan fingerprint density at radius 3 is 2.72 bits per heavy atom. The van der Waals surface area contributed by atoms with Crippen LogP contribution in [0.5, 0.6) is 0 Å². The van der Waals surface area contributed by atoms with Gasteiger partial charge in [0.15, 0.2) is 0 Å². The molecule has 1 unspecified atom stereocenters. The predicted octanol–water partition coefficient (Wildman–Crippen LogP) is 1.21. The lowest BCUT2D eigenvalue weighted by Crippen LogP contribution is -2.31. The summed E-state index contributed by atoms with van der Waals surface area (Å²) in [6.45, 7) is 0.871. The summed E-state index contributed by atoms with van der Waals surface area (Å²) in [7, 11) is -0.849. The van der Waals surface area contributed by atoms with Gasteiger partial charge in [-0.2, -0.15) is 0 Å². The first kappa shape index (κ1) is 13.5. The molecule has 1 aromatic heterocycles. The van der Waals surface area contributed by atoms with Crippen LogP contribution in [-0.4, -0.2) is 38.5 Å². The van der Waals surface area contributed by atoms with Gasteiger partial charge in [0, 0.05) is 24.9 Å². The van der Waals surface area contributed by atoms with E-state index in [0.29, 0.717) is 23.3 Å². The fourth-order valence-corrected chi connectivity index (χ4v) is 4.21. The molecule has 0 radical (unpaired) electrons. The van der Waals surface area contributed by atoms with Crippen molar-refractivity contribution in [2.45, 2.75) is 18.8 Å². The number of pyridine rings is 1. The normalized spacial score (nSPS) is 21.6. The molecule has 1 aliphatic heterocycles. The van der Waals surface area contributed by atoms with Crippen LogP contribution >= 0.6 is 0 Å². The molecule has 0 amide bonds. The Balaban J connectivity index is 2.12. The first-order chi connectivity index (χ1) is 8.62. The van der Waals surface area contributed by atoms with E-state index in [1.807, 2.05) is 19.3 Å². The maximum atomic E-state index is 11.5. The molecule has 18 heavy (non-hydrogen) atoms. The number of nitrogens with zero attached hydrogens (tertiary/aromatic N) is 1. The summed E-state index contributed by atoms with van der Waals surface area (Å²) in [5.74, 6) is 1.46. The standard InChI is InChI=1S/C13H20N2O2S/c1-14-10-13(12-3-2-6-15-9-12)11-4-7-18(16,17)8-5-11/h2-3,6,9,11,13-14H,4-5,7-8,10H2,1H3. The summed E-state index contributed by atoms with van der Waals surface area (Å²) < 4.78 is 23.0. The van der Waals surface area contributed by atoms with Gasteiger partial charge in [-0.05, 0) is 37.4 Å². The molecule has 2 heterocycles. The average molecular weight is 268 g/mol. The highest BCUT2D eigenvalue weighted by Crippen LogP contribution is 2.32. The molecule has 0 spiro atoms. The van der Waals surface area contributed by atoms with Crippen LogP contribution in [0.4, 0.5) is 0 Å². The molecule has 0 aromatic carbocycles. The SMILES string of the molecule is CNCC(c1cccnc1)C1CCS(=O)(=O)CC1. The Kier molecular flexibility index (Phi) is 4.35. The van der Waals surface area contributed by atoms with Crippen LogP contribution in [0.3, 0.4) is 0 Å². The molecule has 2 rings (SSSR count). The van der Waals surface area contributed by atoms with Gasteiger partial charge in [0.2, 0.25) is 0 Å². The zero-order valence-corrected chi connectivity index (χ0v) is 11.5. The van der Waals surface area contributed by atoms with Crippen molar-refractivity contribution >= 4 is 9.84 Å². The quantitative estimate of drug-likeness (QED) is 0.891. The van der Waals surface area contributed by atoms with Crippen molar-refractivity contribution in [3.8, 4) is 0 Å². The molecule has 0 saturated carbocycles. The Morgan fingerprint density at radius 1 is 1.44 bits per heavy atom. The lowest BCUT2D eigenvalue weighted by molar-refractivity contribution is 0.375. The second kappa shape index (κ2) is 5.80. The number of nitrogens with one attached hydrogen (secondary N) is 1. The summed E-state index contributed by atoms with van der Waals surface area (Å²) in [6, 6.07) is 4.02. The fourth-order valence-electron chi connectivity index (χ4n) is 2.68. The largest absolute Gasteiger partial charge is 0.319 e. The highest BCUT2D eigenvalue weighted by Gasteiger charge is 2.30. The summed E-state index contributed by atoms with van der Waals surface area (Å²) >= 11 is 0. The van der Waals surface area contributed by atoms with E-state index >= 15 is 0 Å². The highest BCUT2D eigenvalue weighted by molar-refractivity contribution is 7.91. The third-order valence-electron chi connectivity index (χ3n) is 3.70. The van der Waals surface area contributed by atoms with E-state index in [2.05, 4.69) is 16.4 Å². The molecule has 1 saturated heterocycles. The van der Waals surface area contributed by atoms with Gasteiger partial charge in [-0.15, -0.1) is 0 Å². The van der Waals surface area contributed by atoms with Crippen molar-refractivity contribution in [3.05, 3.63) is 30.1 Å². The van der Waals surface area contributed by atoms with Crippen LogP contribution in [0, 0.1) is 5.92 Å². The van der Waals surface area contributed by atoms with E-state index in [4.69, 9.17) is 0 Å². The molecule has 1 fully saturated rings. The highest BCUT2D eigenvalue weighted by atomic mass is 32.2. The molecule has 1 N–H and O–H groups in total. The summed E-state index contributed by atoms with van der Waals surface area (Å²) in [4.78, 5) is 4.17. The lowest BCUT2D eigenvalue weighted by atomic mass is 9.83. The minimum atomic E-state index is -2.78. The minimum Gasteiger partial charge on any atom is -0.319 e. The van der Waals surface area contributed by atoms with Crippen LogP contribution < -0.4 is 5.32 Å². The van der Waals surface area contributed by atoms with Gasteiger partial charge >= 0.3 is 0 Å². The molecule has 0 bridgehead atoms. The van der Waals surface area contributed by atoms with Crippen molar-refractivity contribution in [3.63, 3.8) is 0 Å². The molecule has 0 aliphatic carbocycles. The van der Waals surface area contributed by atoms with Gasteiger partial charge in [0.05, 0.1) is 11.5 Å². The Bertz CT molecular complexity index is 459. The number of hydrogen-bond donors (Lipinski definition) is 1. The maximum absolute atomic E-state index is 11.5. The zero-order chi connectivity index (χ0) is 13.0. The molecule has 5 heteroatoms. The van der Waals surface area contributed by atoms with Gasteiger partial charge in [0.1, 0.15) is 9.84 Å². The average Bonchev–Trinajstić information content (AvgIpc) is 2.38. The van der Waals surface area contributed by atoms with Crippen molar-refractivity contribution in [2.75, 3.05) is 25.1 Å². The Hall–Kier alpha value is -0.940. The molecular formula is C13H20N2O2S. The Morgan fingerprint density at radius 2 is 2.17 bits per heavy atom. The van der Waals surface area contributed by atoms with Gasteiger partial charge in [-0.25, -0.2) is 8.42 Å². The van der Waals surface area contributed by atoms with Crippen molar-refractivity contribution < 1.29 is 8.42 Å². The number of rotatable bonds is 4. The van der Waals surface area contributed by atoms with Gasteiger partial charge in [-0.1, -0.05) is 6.07 Å². The van der Waals surface area contributed by atoms with Gasteiger partial charge in [0.25, 0.3) is 0 Å².